The lowest BCUT2D eigenvalue weighted by atomic mass is 9.54. The van der Waals surface area contributed by atoms with Crippen molar-refractivity contribution in [3.63, 3.8) is 0 Å². The molecule has 0 radical (unpaired) electrons. The van der Waals surface area contributed by atoms with Gasteiger partial charge in [-0.1, -0.05) is 49.2 Å². The fraction of sp³-hybridized carbons (Fsp3) is 0.381. The number of nitrogens with one attached hydrogen (secondary N) is 2. The number of rotatable bonds is 4. The molecule has 4 rings (SSSR count). The molecule has 3 nitrogen and oxygen atoms in total. The molecule has 1 amide bonds. The zero-order valence-corrected chi connectivity index (χ0v) is 13.8. The van der Waals surface area contributed by atoms with Crippen molar-refractivity contribution in [3.8, 4) is 0 Å². The van der Waals surface area contributed by atoms with Crippen LogP contribution in [0.5, 0.6) is 0 Å². The SMILES string of the molecule is O=C(Nc1ccccc1)C1C2CCCCC2C1Nc1ccccc1. The standard InChI is InChI=1S/C21H24N2O/c24-21(23-16-11-5-2-6-12-16)19-17-13-7-8-14-18(17)20(19)22-15-9-3-1-4-10-15/h1-6,9-12,17-20,22H,7-8,13-14H2,(H,23,24). The highest BCUT2D eigenvalue weighted by Gasteiger charge is 2.54. The lowest BCUT2D eigenvalue weighted by Gasteiger charge is -2.54. The van der Waals surface area contributed by atoms with Crippen molar-refractivity contribution in [2.75, 3.05) is 10.6 Å². The van der Waals surface area contributed by atoms with Crippen LogP contribution in [-0.2, 0) is 4.79 Å². The lowest BCUT2D eigenvalue weighted by Crippen LogP contribution is -2.60. The third-order valence-corrected chi connectivity index (χ3v) is 5.64. The minimum absolute atomic E-state index is 0.0655. The number of amides is 1. The smallest absolute Gasteiger partial charge is 0.229 e. The molecule has 2 aliphatic rings. The number of carbonyl (C=O) groups is 1. The van der Waals surface area contributed by atoms with Crippen molar-refractivity contribution in [1.82, 2.24) is 0 Å². The van der Waals surface area contributed by atoms with Gasteiger partial charge in [0.2, 0.25) is 5.91 Å². The van der Waals surface area contributed by atoms with Gasteiger partial charge in [0.25, 0.3) is 0 Å². The first-order chi connectivity index (χ1) is 11.8. The van der Waals surface area contributed by atoms with Crippen molar-refractivity contribution in [1.29, 1.82) is 0 Å². The number of fused-ring (bicyclic) bond motifs is 1. The van der Waals surface area contributed by atoms with Crippen LogP contribution in [0.25, 0.3) is 0 Å². The predicted octanol–water partition coefficient (Wildman–Crippen LogP) is 4.54. The third-order valence-electron chi connectivity index (χ3n) is 5.64. The molecule has 2 aliphatic carbocycles. The summed E-state index contributed by atoms with van der Waals surface area (Å²) in [5, 5.41) is 6.75. The Hall–Kier alpha value is -2.29. The zero-order chi connectivity index (χ0) is 16.4. The first-order valence-electron chi connectivity index (χ1n) is 9.00. The largest absolute Gasteiger partial charge is 0.381 e. The molecule has 124 valence electrons. The second-order valence-corrected chi connectivity index (χ2v) is 7.03. The van der Waals surface area contributed by atoms with E-state index in [1.807, 2.05) is 48.5 Å². The summed E-state index contributed by atoms with van der Waals surface area (Å²) in [6, 6.07) is 20.3. The van der Waals surface area contributed by atoms with Gasteiger partial charge < -0.3 is 10.6 Å². The predicted molar refractivity (Wildman–Crippen MR) is 97.9 cm³/mol. The number of anilines is 2. The highest BCUT2D eigenvalue weighted by molar-refractivity contribution is 5.94. The van der Waals surface area contributed by atoms with Crippen molar-refractivity contribution in [2.24, 2.45) is 17.8 Å². The van der Waals surface area contributed by atoms with E-state index < -0.39 is 0 Å². The summed E-state index contributed by atoms with van der Waals surface area (Å²) in [5.41, 5.74) is 2.00. The molecule has 4 unspecified atom stereocenters. The number of carbonyl (C=O) groups excluding carboxylic acids is 1. The minimum Gasteiger partial charge on any atom is -0.381 e. The summed E-state index contributed by atoms with van der Waals surface area (Å²) in [7, 11) is 0. The summed E-state index contributed by atoms with van der Waals surface area (Å²) < 4.78 is 0. The van der Waals surface area contributed by atoms with E-state index in [0.29, 0.717) is 11.8 Å². The second kappa shape index (κ2) is 6.68. The molecule has 2 N–H and O–H groups in total. The minimum atomic E-state index is 0.0655. The van der Waals surface area contributed by atoms with Crippen molar-refractivity contribution in [2.45, 2.75) is 31.7 Å². The van der Waals surface area contributed by atoms with Crippen molar-refractivity contribution in [3.05, 3.63) is 60.7 Å². The molecule has 2 aromatic rings. The Morgan fingerprint density at radius 2 is 1.38 bits per heavy atom. The number of benzene rings is 2. The Bertz CT molecular complexity index is 685. The average molecular weight is 320 g/mol. The molecule has 0 aromatic heterocycles. The lowest BCUT2D eigenvalue weighted by molar-refractivity contribution is -0.131. The zero-order valence-electron chi connectivity index (χ0n) is 13.8. The first-order valence-corrected chi connectivity index (χ1v) is 9.00. The van der Waals surface area contributed by atoms with Crippen LogP contribution in [0, 0.1) is 17.8 Å². The molecule has 0 bridgehead atoms. The Kier molecular flexibility index (Phi) is 4.24. The fourth-order valence-corrected chi connectivity index (χ4v) is 4.50. The fourth-order valence-electron chi connectivity index (χ4n) is 4.50. The molecule has 2 saturated carbocycles. The number of para-hydroxylation sites is 2. The highest BCUT2D eigenvalue weighted by Crippen LogP contribution is 2.51. The molecule has 4 atom stereocenters. The van der Waals surface area contributed by atoms with Crippen LogP contribution in [0.15, 0.2) is 60.7 Å². The Morgan fingerprint density at radius 1 is 0.792 bits per heavy atom. The first kappa shape index (κ1) is 15.3. The van der Waals surface area contributed by atoms with E-state index in [1.54, 1.807) is 0 Å². The quantitative estimate of drug-likeness (QED) is 0.868. The van der Waals surface area contributed by atoms with Gasteiger partial charge in [-0.15, -0.1) is 0 Å². The second-order valence-electron chi connectivity index (χ2n) is 7.03. The van der Waals surface area contributed by atoms with Crippen LogP contribution < -0.4 is 10.6 Å². The van der Waals surface area contributed by atoms with Crippen molar-refractivity contribution < 1.29 is 4.79 Å². The van der Waals surface area contributed by atoms with Crippen LogP contribution in [0.2, 0.25) is 0 Å². The summed E-state index contributed by atoms with van der Waals surface area (Å²) in [5.74, 6) is 1.39. The van der Waals surface area contributed by atoms with Crippen LogP contribution in [0.1, 0.15) is 25.7 Å². The van der Waals surface area contributed by atoms with Gasteiger partial charge >= 0.3 is 0 Å². The van der Waals surface area contributed by atoms with E-state index in [2.05, 4.69) is 22.8 Å². The van der Waals surface area contributed by atoms with Crippen LogP contribution in [0.4, 0.5) is 11.4 Å². The molecule has 2 fully saturated rings. The van der Waals surface area contributed by atoms with Crippen LogP contribution >= 0.6 is 0 Å². The normalized spacial score (nSPS) is 28.3. The van der Waals surface area contributed by atoms with Gasteiger partial charge in [-0.05, 0) is 48.9 Å². The van der Waals surface area contributed by atoms with Gasteiger partial charge in [0.15, 0.2) is 0 Å². The Morgan fingerprint density at radius 3 is 2.04 bits per heavy atom. The highest BCUT2D eigenvalue weighted by atomic mass is 16.2. The van der Waals surface area contributed by atoms with Crippen LogP contribution in [-0.4, -0.2) is 11.9 Å². The molecular formula is C21H24N2O. The van der Waals surface area contributed by atoms with E-state index in [4.69, 9.17) is 0 Å². The van der Waals surface area contributed by atoms with Gasteiger partial charge in [0.05, 0.1) is 5.92 Å². The molecule has 0 aliphatic heterocycles. The van der Waals surface area contributed by atoms with E-state index in [9.17, 15) is 4.79 Å². The maximum absolute atomic E-state index is 12.9. The summed E-state index contributed by atoms with van der Waals surface area (Å²) in [4.78, 5) is 12.9. The average Bonchev–Trinajstić information content (AvgIpc) is 2.62. The van der Waals surface area contributed by atoms with E-state index >= 15 is 0 Å². The van der Waals surface area contributed by atoms with Gasteiger partial charge in [-0.3, -0.25) is 4.79 Å². The maximum Gasteiger partial charge on any atom is 0.229 e. The molecule has 0 heterocycles. The molecule has 3 heteroatoms. The van der Waals surface area contributed by atoms with Gasteiger partial charge in [0.1, 0.15) is 0 Å². The Labute approximate surface area is 143 Å². The van der Waals surface area contributed by atoms with E-state index in [1.165, 1.54) is 25.7 Å². The van der Waals surface area contributed by atoms with E-state index in [0.717, 1.165) is 11.4 Å². The molecule has 0 saturated heterocycles. The number of hydrogen-bond donors (Lipinski definition) is 2. The number of hydrogen-bond acceptors (Lipinski definition) is 2. The van der Waals surface area contributed by atoms with E-state index in [-0.39, 0.29) is 17.9 Å². The maximum atomic E-state index is 12.9. The third kappa shape index (κ3) is 2.91. The molecule has 24 heavy (non-hydrogen) atoms. The summed E-state index contributed by atoms with van der Waals surface area (Å²) in [6.07, 6.45) is 4.98. The topological polar surface area (TPSA) is 41.1 Å². The molecular weight excluding hydrogens is 296 g/mol. The summed E-state index contributed by atoms with van der Waals surface area (Å²) >= 11 is 0. The van der Waals surface area contributed by atoms with Gasteiger partial charge in [-0.25, -0.2) is 0 Å². The Balaban J connectivity index is 1.51. The van der Waals surface area contributed by atoms with Crippen LogP contribution in [0.3, 0.4) is 0 Å². The molecule has 0 spiro atoms. The summed E-state index contributed by atoms with van der Waals surface area (Å²) in [6.45, 7) is 0. The monoisotopic (exact) mass is 320 g/mol. The molecule has 2 aromatic carbocycles. The van der Waals surface area contributed by atoms with Gasteiger partial charge in [-0.2, -0.15) is 0 Å². The van der Waals surface area contributed by atoms with Crippen molar-refractivity contribution >= 4 is 17.3 Å². The van der Waals surface area contributed by atoms with Gasteiger partial charge in [0, 0.05) is 17.4 Å².